The molecule has 0 N–H and O–H groups in total. The van der Waals surface area contributed by atoms with Crippen LogP contribution in [0.5, 0.6) is 5.75 Å². The predicted molar refractivity (Wildman–Crippen MR) is 68.8 cm³/mol. The quantitative estimate of drug-likeness (QED) is 0.531. The second kappa shape index (κ2) is 5.90. The number of rotatable bonds is 6. The third-order valence-electron chi connectivity index (χ3n) is 2.57. The summed E-state index contributed by atoms with van der Waals surface area (Å²) in [5, 5.41) is 0. The molecule has 2 heteroatoms. The van der Waals surface area contributed by atoms with Crippen molar-refractivity contribution in [2.45, 2.75) is 19.8 Å². The maximum Gasteiger partial charge on any atom is 0.119 e. The minimum atomic E-state index is 0.807. The highest BCUT2D eigenvalue weighted by atomic mass is 16.5. The van der Waals surface area contributed by atoms with Gasteiger partial charge in [0.1, 0.15) is 5.75 Å². The van der Waals surface area contributed by atoms with Gasteiger partial charge >= 0.3 is 0 Å². The van der Waals surface area contributed by atoms with Crippen molar-refractivity contribution in [3.63, 3.8) is 0 Å². The van der Waals surface area contributed by atoms with E-state index >= 15 is 0 Å². The molecule has 0 spiro atoms. The molecule has 0 atom stereocenters. The molecule has 0 amide bonds. The van der Waals surface area contributed by atoms with Crippen LogP contribution in [0.4, 0.5) is 0 Å². The van der Waals surface area contributed by atoms with Crippen LogP contribution in [0.1, 0.15) is 18.9 Å². The van der Waals surface area contributed by atoms with Gasteiger partial charge in [0.15, 0.2) is 0 Å². The Morgan fingerprint density at radius 3 is 2.19 bits per heavy atom. The fraction of sp³-hybridized carbons (Fsp3) is 0.571. The van der Waals surface area contributed by atoms with Gasteiger partial charge in [0.05, 0.1) is 34.3 Å². The Hall–Kier alpha value is -1.02. The van der Waals surface area contributed by atoms with Gasteiger partial charge in [-0.15, -0.1) is 0 Å². The van der Waals surface area contributed by atoms with E-state index in [-0.39, 0.29) is 0 Å². The average Bonchev–Trinajstić information content (AvgIpc) is 2.24. The molecular formula is C14H24NO+. The van der Waals surface area contributed by atoms with Crippen molar-refractivity contribution in [3.05, 3.63) is 29.8 Å². The van der Waals surface area contributed by atoms with Gasteiger partial charge in [0.2, 0.25) is 0 Å². The Morgan fingerprint density at radius 1 is 1.06 bits per heavy atom. The zero-order valence-corrected chi connectivity index (χ0v) is 11.0. The van der Waals surface area contributed by atoms with Crippen molar-refractivity contribution < 1.29 is 9.22 Å². The molecule has 0 aliphatic carbocycles. The predicted octanol–water partition coefficient (Wildman–Crippen LogP) is 2.72. The maximum atomic E-state index is 5.69. The summed E-state index contributed by atoms with van der Waals surface area (Å²) in [4.78, 5) is 0. The summed E-state index contributed by atoms with van der Waals surface area (Å²) in [6.45, 7) is 4.12. The maximum absolute atomic E-state index is 5.69. The summed E-state index contributed by atoms with van der Waals surface area (Å²) in [5.41, 5.74) is 1.36. The van der Waals surface area contributed by atoms with Gasteiger partial charge in [-0.3, -0.25) is 0 Å². The van der Waals surface area contributed by atoms with E-state index in [4.69, 9.17) is 4.74 Å². The lowest BCUT2D eigenvalue weighted by molar-refractivity contribution is -0.870. The first-order valence-corrected chi connectivity index (χ1v) is 6.03. The fourth-order valence-corrected chi connectivity index (χ4v) is 1.55. The molecule has 0 heterocycles. The Morgan fingerprint density at radius 2 is 1.69 bits per heavy atom. The largest absolute Gasteiger partial charge is 0.493 e. The van der Waals surface area contributed by atoms with Crippen molar-refractivity contribution in [1.82, 2.24) is 0 Å². The number of hydrogen-bond acceptors (Lipinski definition) is 1. The Labute approximate surface area is 99.4 Å². The lowest BCUT2D eigenvalue weighted by Crippen LogP contribution is -2.35. The lowest BCUT2D eigenvalue weighted by atomic mass is 10.2. The van der Waals surface area contributed by atoms with Crippen LogP contribution in [0.15, 0.2) is 24.3 Å². The van der Waals surface area contributed by atoms with E-state index in [0.717, 1.165) is 36.2 Å². The smallest absolute Gasteiger partial charge is 0.119 e. The normalized spacial score (nSPS) is 11.5. The number of hydrogen-bond donors (Lipinski definition) is 0. The molecule has 0 radical (unpaired) electrons. The molecule has 0 bridgehead atoms. The highest BCUT2D eigenvalue weighted by molar-refractivity contribution is 5.27. The summed E-state index contributed by atoms with van der Waals surface area (Å²) in [6.07, 6.45) is 2.18. The van der Waals surface area contributed by atoms with E-state index < -0.39 is 0 Å². The second-order valence-corrected chi connectivity index (χ2v) is 5.21. The fourth-order valence-electron chi connectivity index (χ4n) is 1.55. The van der Waals surface area contributed by atoms with Gasteiger partial charge in [0.25, 0.3) is 0 Å². The van der Waals surface area contributed by atoms with E-state index in [2.05, 4.69) is 52.3 Å². The van der Waals surface area contributed by atoms with Gasteiger partial charge in [-0.25, -0.2) is 0 Å². The van der Waals surface area contributed by atoms with Crippen molar-refractivity contribution in [2.24, 2.45) is 0 Å². The van der Waals surface area contributed by atoms with E-state index in [0.29, 0.717) is 0 Å². The number of ether oxygens (including phenoxy) is 1. The van der Waals surface area contributed by atoms with Crippen LogP contribution in [-0.2, 0) is 6.42 Å². The van der Waals surface area contributed by atoms with Crippen LogP contribution in [0.3, 0.4) is 0 Å². The Balaban J connectivity index is 2.27. The third kappa shape index (κ3) is 5.17. The molecule has 1 rings (SSSR count). The van der Waals surface area contributed by atoms with Gasteiger partial charge in [-0.1, -0.05) is 19.1 Å². The van der Waals surface area contributed by atoms with Crippen molar-refractivity contribution in [2.75, 3.05) is 34.3 Å². The zero-order chi connectivity index (χ0) is 12.0. The van der Waals surface area contributed by atoms with Crippen molar-refractivity contribution in [1.29, 1.82) is 0 Å². The number of quaternary nitrogens is 1. The molecule has 0 unspecified atom stereocenters. The topological polar surface area (TPSA) is 9.23 Å². The SMILES string of the molecule is CCc1ccc(OCCC[N+](C)(C)C)cc1. The van der Waals surface area contributed by atoms with Crippen LogP contribution in [0.2, 0.25) is 0 Å². The standard InChI is InChI=1S/C14H24NO/c1-5-13-7-9-14(10-8-13)16-12-6-11-15(2,3)4/h7-10H,5-6,11-12H2,1-4H3/q+1. The van der Waals surface area contributed by atoms with Crippen LogP contribution >= 0.6 is 0 Å². The van der Waals surface area contributed by atoms with Gasteiger partial charge in [-0.2, -0.15) is 0 Å². The van der Waals surface area contributed by atoms with Gasteiger partial charge in [-0.05, 0) is 24.1 Å². The minimum absolute atomic E-state index is 0.807. The molecule has 90 valence electrons. The second-order valence-electron chi connectivity index (χ2n) is 5.21. The molecule has 0 aliphatic heterocycles. The summed E-state index contributed by atoms with van der Waals surface area (Å²) < 4.78 is 6.69. The summed E-state index contributed by atoms with van der Waals surface area (Å²) in [6, 6.07) is 8.39. The molecule has 0 aliphatic rings. The minimum Gasteiger partial charge on any atom is -0.493 e. The van der Waals surface area contributed by atoms with E-state index in [9.17, 15) is 0 Å². The molecule has 0 saturated carbocycles. The highest BCUT2D eigenvalue weighted by Gasteiger charge is 2.05. The molecule has 0 saturated heterocycles. The lowest BCUT2D eigenvalue weighted by Gasteiger charge is -2.23. The Bertz CT molecular complexity index is 298. The van der Waals surface area contributed by atoms with Crippen LogP contribution < -0.4 is 4.74 Å². The molecule has 0 fully saturated rings. The number of benzene rings is 1. The van der Waals surface area contributed by atoms with E-state index in [1.165, 1.54) is 5.56 Å². The van der Waals surface area contributed by atoms with Crippen LogP contribution in [-0.4, -0.2) is 38.8 Å². The van der Waals surface area contributed by atoms with E-state index in [1.807, 2.05) is 0 Å². The molecule has 16 heavy (non-hydrogen) atoms. The van der Waals surface area contributed by atoms with Crippen molar-refractivity contribution in [3.8, 4) is 5.75 Å². The average molecular weight is 222 g/mol. The zero-order valence-electron chi connectivity index (χ0n) is 11.0. The van der Waals surface area contributed by atoms with Crippen LogP contribution in [0, 0.1) is 0 Å². The summed E-state index contributed by atoms with van der Waals surface area (Å²) >= 11 is 0. The molecule has 1 aromatic carbocycles. The first-order valence-electron chi connectivity index (χ1n) is 6.03. The Kier molecular flexibility index (Phi) is 4.81. The highest BCUT2D eigenvalue weighted by Crippen LogP contribution is 2.12. The first kappa shape index (κ1) is 13.0. The van der Waals surface area contributed by atoms with Gasteiger partial charge < -0.3 is 9.22 Å². The molecule has 0 aromatic heterocycles. The van der Waals surface area contributed by atoms with Crippen LogP contribution in [0.25, 0.3) is 0 Å². The van der Waals surface area contributed by atoms with Crippen molar-refractivity contribution >= 4 is 0 Å². The number of aryl methyl sites for hydroxylation is 1. The molecular weight excluding hydrogens is 198 g/mol. The first-order chi connectivity index (χ1) is 7.51. The monoisotopic (exact) mass is 222 g/mol. The molecule has 2 nitrogen and oxygen atoms in total. The van der Waals surface area contributed by atoms with E-state index in [1.54, 1.807) is 0 Å². The van der Waals surface area contributed by atoms with Gasteiger partial charge in [0, 0.05) is 6.42 Å². The summed E-state index contributed by atoms with van der Waals surface area (Å²) in [5.74, 6) is 0.985. The summed E-state index contributed by atoms with van der Waals surface area (Å²) in [7, 11) is 6.61. The third-order valence-corrected chi connectivity index (χ3v) is 2.57. The number of nitrogens with zero attached hydrogens (tertiary/aromatic N) is 1. The molecule has 1 aromatic rings.